The van der Waals surface area contributed by atoms with Gasteiger partial charge in [0.15, 0.2) is 0 Å². The van der Waals surface area contributed by atoms with Crippen molar-refractivity contribution in [3.63, 3.8) is 0 Å². The number of carbonyl (C=O) groups is 1. The number of esters is 1. The molecule has 0 unspecified atom stereocenters. The molecule has 2 rings (SSSR count). The van der Waals surface area contributed by atoms with E-state index in [1.54, 1.807) is 19.1 Å². The predicted octanol–water partition coefficient (Wildman–Crippen LogP) is 2.96. The van der Waals surface area contributed by atoms with Crippen molar-refractivity contribution < 1.29 is 17.9 Å². The van der Waals surface area contributed by atoms with Crippen molar-refractivity contribution in [1.82, 2.24) is 4.31 Å². The molecule has 1 aliphatic rings. The van der Waals surface area contributed by atoms with Gasteiger partial charge in [0.1, 0.15) is 5.75 Å². The number of hydrogen-bond donors (Lipinski definition) is 0. The van der Waals surface area contributed by atoms with Crippen molar-refractivity contribution in [3.05, 3.63) is 28.2 Å². The zero-order valence-electron chi connectivity index (χ0n) is 12.1. The Balaban J connectivity index is 1.95. The van der Waals surface area contributed by atoms with Gasteiger partial charge in [-0.05, 0) is 38.0 Å². The number of ether oxygens (including phenoxy) is 1. The van der Waals surface area contributed by atoms with Crippen LogP contribution in [-0.2, 0) is 14.8 Å². The fourth-order valence-electron chi connectivity index (χ4n) is 2.30. The Kier molecular flexibility index (Phi) is 5.71. The molecule has 0 spiro atoms. The van der Waals surface area contributed by atoms with E-state index in [9.17, 15) is 13.2 Å². The van der Waals surface area contributed by atoms with Crippen LogP contribution in [0.25, 0.3) is 0 Å². The molecule has 1 saturated heterocycles. The van der Waals surface area contributed by atoms with E-state index >= 15 is 0 Å². The van der Waals surface area contributed by atoms with Gasteiger partial charge in [0, 0.05) is 18.1 Å². The van der Waals surface area contributed by atoms with Crippen LogP contribution in [0.2, 0.25) is 10.0 Å². The summed E-state index contributed by atoms with van der Waals surface area (Å²) in [6, 6.07) is 4.63. The Bertz CT molecular complexity index is 655. The molecule has 0 saturated carbocycles. The van der Waals surface area contributed by atoms with Crippen LogP contribution in [-0.4, -0.2) is 37.5 Å². The van der Waals surface area contributed by atoms with E-state index in [0.29, 0.717) is 31.0 Å². The largest absolute Gasteiger partial charge is 0.425 e. The first kappa shape index (κ1) is 17.5. The lowest BCUT2D eigenvalue weighted by atomic mass is 9.98. The van der Waals surface area contributed by atoms with Gasteiger partial charge in [0.2, 0.25) is 10.0 Å². The highest BCUT2D eigenvalue weighted by Gasteiger charge is 2.31. The van der Waals surface area contributed by atoms with Crippen molar-refractivity contribution in [2.24, 2.45) is 5.92 Å². The lowest BCUT2D eigenvalue weighted by Gasteiger charge is -2.29. The fraction of sp³-hybridized carbons (Fsp3) is 0.500. The molecule has 1 aromatic carbocycles. The van der Waals surface area contributed by atoms with Gasteiger partial charge in [0.05, 0.1) is 16.7 Å². The predicted molar refractivity (Wildman–Crippen MR) is 85.9 cm³/mol. The summed E-state index contributed by atoms with van der Waals surface area (Å²) in [6.07, 6.45) is 0.895. The average Bonchev–Trinajstić information content (AvgIpc) is 2.50. The van der Waals surface area contributed by atoms with Crippen LogP contribution in [0, 0.1) is 5.92 Å². The van der Waals surface area contributed by atoms with Crippen molar-refractivity contribution in [2.45, 2.75) is 19.8 Å². The molecule has 0 N–H and O–H groups in total. The summed E-state index contributed by atoms with van der Waals surface area (Å²) >= 11 is 11.8. The molecule has 0 aliphatic carbocycles. The van der Waals surface area contributed by atoms with Gasteiger partial charge in [-0.1, -0.05) is 23.2 Å². The quantitative estimate of drug-likeness (QED) is 0.607. The molecule has 0 bridgehead atoms. The lowest BCUT2D eigenvalue weighted by Crippen LogP contribution is -2.41. The summed E-state index contributed by atoms with van der Waals surface area (Å²) in [5.41, 5.74) is 0. The van der Waals surface area contributed by atoms with Gasteiger partial charge in [-0.25, -0.2) is 12.7 Å². The normalized spacial score (nSPS) is 17.4. The minimum Gasteiger partial charge on any atom is -0.425 e. The van der Waals surface area contributed by atoms with Crippen LogP contribution < -0.4 is 4.74 Å². The van der Waals surface area contributed by atoms with Gasteiger partial charge in [0.25, 0.3) is 0 Å². The minimum absolute atomic E-state index is 0.0719. The van der Waals surface area contributed by atoms with Crippen molar-refractivity contribution >= 4 is 39.2 Å². The Morgan fingerprint density at radius 2 is 1.95 bits per heavy atom. The van der Waals surface area contributed by atoms with Gasteiger partial charge in [-0.15, -0.1) is 0 Å². The molecule has 1 heterocycles. The summed E-state index contributed by atoms with van der Waals surface area (Å²) in [7, 11) is -3.20. The summed E-state index contributed by atoms with van der Waals surface area (Å²) in [5, 5.41) is 0.731. The summed E-state index contributed by atoms with van der Waals surface area (Å²) in [6.45, 7) is 2.28. The van der Waals surface area contributed by atoms with Crippen LogP contribution in [0.4, 0.5) is 0 Å². The second-order valence-corrected chi connectivity index (χ2v) is 8.17. The molecule has 122 valence electrons. The first-order valence-corrected chi connectivity index (χ1v) is 9.34. The number of halogens is 2. The highest BCUT2D eigenvalue weighted by atomic mass is 35.5. The molecule has 22 heavy (non-hydrogen) atoms. The van der Waals surface area contributed by atoms with Crippen LogP contribution in [0.3, 0.4) is 0 Å². The summed E-state index contributed by atoms with van der Waals surface area (Å²) in [4.78, 5) is 12.1. The molecular weight excluding hydrogens is 349 g/mol. The fourth-order valence-corrected chi connectivity index (χ4v) is 3.88. The number of sulfonamides is 1. The minimum atomic E-state index is -3.20. The monoisotopic (exact) mass is 365 g/mol. The van der Waals surface area contributed by atoms with Crippen molar-refractivity contribution in [1.29, 1.82) is 0 Å². The summed E-state index contributed by atoms with van der Waals surface area (Å²) in [5.74, 6) is -0.379. The number of nitrogens with zero attached hydrogens (tertiary/aromatic N) is 1. The van der Waals surface area contributed by atoms with Crippen LogP contribution in [0.1, 0.15) is 19.8 Å². The molecule has 0 radical (unpaired) electrons. The second-order valence-electron chi connectivity index (χ2n) is 5.07. The number of benzene rings is 1. The molecule has 1 fully saturated rings. The molecule has 1 aromatic rings. The maximum atomic E-state index is 12.1. The van der Waals surface area contributed by atoms with E-state index in [1.165, 1.54) is 10.4 Å². The van der Waals surface area contributed by atoms with Crippen LogP contribution in [0.15, 0.2) is 18.2 Å². The van der Waals surface area contributed by atoms with Crippen molar-refractivity contribution in [2.75, 3.05) is 18.8 Å². The zero-order valence-corrected chi connectivity index (χ0v) is 14.4. The molecule has 8 heteroatoms. The first-order chi connectivity index (χ1) is 10.3. The van der Waals surface area contributed by atoms with E-state index < -0.39 is 16.0 Å². The maximum Gasteiger partial charge on any atom is 0.314 e. The number of rotatable bonds is 4. The number of carbonyl (C=O) groups excluding carboxylic acids is 1. The molecule has 0 amide bonds. The molecule has 0 atom stereocenters. The first-order valence-electron chi connectivity index (χ1n) is 6.98. The van der Waals surface area contributed by atoms with E-state index in [-0.39, 0.29) is 22.4 Å². The van der Waals surface area contributed by atoms with Gasteiger partial charge >= 0.3 is 5.97 Å². The van der Waals surface area contributed by atoms with Gasteiger partial charge < -0.3 is 4.74 Å². The van der Waals surface area contributed by atoms with E-state index in [1.807, 2.05) is 0 Å². The highest BCUT2D eigenvalue weighted by Crippen LogP contribution is 2.29. The maximum absolute atomic E-state index is 12.1. The Morgan fingerprint density at radius 1 is 1.32 bits per heavy atom. The second kappa shape index (κ2) is 7.17. The average molecular weight is 366 g/mol. The molecule has 0 aromatic heterocycles. The SMILES string of the molecule is CCS(=O)(=O)N1CCC(C(=O)Oc2ccc(Cl)cc2Cl)CC1. The molecular formula is C14H17Cl2NO4S. The topological polar surface area (TPSA) is 63.7 Å². The molecule has 1 aliphatic heterocycles. The summed E-state index contributed by atoms with van der Waals surface area (Å²) < 4.78 is 30.3. The highest BCUT2D eigenvalue weighted by molar-refractivity contribution is 7.89. The standard InChI is InChI=1S/C14H17Cl2NO4S/c1-2-22(19,20)17-7-5-10(6-8-17)14(18)21-13-4-3-11(15)9-12(13)16/h3-4,9-10H,2,5-8H2,1H3. The van der Waals surface area contributed by atoms with E-state index in [2.05, 4.69) is 0 Å². The van der Waals surface area contributed by atoms with Crippen LogP contribution >= 0.6 is 23.2 Å². The van der Waals surface area contributed by atoms with Gasteiger partial charge in [-0.2, -0.15) is 0 Å². The zero-order chi connectivity index (χ0) is 16.3. The Morgan fingerprint density at radius 3 is 2.50 bits per heavy atom. The third-order valence-electron chi connectivity index (χ3n) is 3.65. The Labute approximate surface area is 140 Å². The Hall–Kier alpha value is -0.820. The number of hydrogen-bond acceptors (Lipinski definition) is 4. The van der Waals surface area contributed by atoms with Gasteiger partial charge in [-0.3, -0.25) is 4.79 Å². The van der Waals surface area contributed by atoms with Crippen LogP contribution in [0.5, 0.6) is 5.75 Å². The molecule has 5 nitrogen and oxygen atoms in total. The smallest absolute Gasteiger partial charge is 0.314 e. The third-order valence-corrected chi connectivity index (χ3v) is 6.06. The number of piperidine rings is 1. The van der Waals surface area contributed by atoms with E-state index in [4.69, 9.17) is 27.9 Å². The third kappa shape index (κ3) is 4.13. The van der Waals surface area contributed by atoms with E-state index in [0.717, 1.165) is 0 Å². The lowest BCUT2D eigenvalue weighted by molar-refractivity contribution is -0.140. The van der Waals surface area contributed by atoms with Crippen molar-refractivity contribution in [3.8, 4) is 5.75 Å².